The Morgan fingerprint density at radius 2 is 2.30 bits per heavy atom. The summed E-state index contributed by atoms with van der Waals surface area (Å²) in [6.45, 7) is 4.54. The molecule has 2 N–H and O–H groups in total. The van der Waals surface area contributed by atoms with Gasteiger partial charge in [-0.05, 0) is 12.8 Å². The summed E-state index contributed by atoms with van der Waals surface area (Å²) in [5, 5.41) is 0. The molecule has 1 atom stereocenters. The van der Waals surface area contributed by atoms with Crippen molar-refractivity contribution in [1.29, 1.82) is 0 Å². The predicted molar refractivity (Wildman–Crippen MR) is 40.6 cm³/mol. The molecule has 0 aromatic heterocycles. The van der Waals surface area contributed by atoms with Crippen LogP contribution in [0.15, 0.2) is 0 Å². The zero-order chi connectivity index (χ0) is 7.78. The Hall–Kier alpha value is -0.370. The molecule has 2 nitrogen and oxygen atoms in total. The van der Waals surface area contributed by atoms with Crippen LogP contribution in [0, 0.1) is 11.3 Å². The minimum absolute atomic E-state index is 0.0932. The van der Waals surface area contributed by atoms with Crippen LogP contribution in [0.25, 0.3) is 0 Å². The van der Waals surface area contributed by atoms with Gasteiger partial charge in [-0.3, -0.25) is 4.79 Å². The second-order valence-corrected chi connectivity index (χ2v) is 3.72. The van der Waals surface area contributed by atoms with E-state index in [2.05, 4.69) is 0 Å². The van der Waals surface area contributed by atoms with E-state index in [1.807, 2.05) is 13.8 Å². The van der Waals surface area contributed by atoms with Gasteiger partial charge in [-0.25, -0.2) is 0 Å². The van der Waals surface area contributed by atoms with Crippen LogP contribution in [-0.4, -0.2) is 12.3 Å². The average molecular weight is 141 g/mol. The average Bonchev–Trinajstić information content (AvgIpc) is 2.10. The number of Topliss-reactive ketones (excluding diaryl/α,β-unsaturated/α-hetero) is 1. The summed E-state index contributed by atoms with van der Waals surface area (Å²) in [6.07, 6.45) is 2.00. The van der Waals surface area contributed by atoms with Gasteiger partial charge in [0.1, 0.15) is 5.78 Å². The molecular weight excluding hydrogens is 126 g/mol. The van der Waals surface area contributed by atoms with Gasteiger partial charge in [-0.1, -0.05) is 13.8 Å². The second kappa shape index (κ2) is 2.35. The third-order valence-corrected chi connectivity index (χ3v) is 2.44. The van der Waals surface area contributed by atoms with Gasteiger partial charge < -0.3 is 5.73 Å². The minimum atomic E-state index is -0.0932. The summed E-state index contributed by atoms with van der Waals surface area (Å²) in [7, 11) is 0. The van der Waals surface area contributed by atoms with Gasteiger partial charge in [0.05, 0.1) is 0 Å². The highest BCUT2D eigenvalue weighted by molar-refractivity contribution is 5.88. The normalized spacial score (nSPS) is 31.1. The highest BCUT2D eigenvalue weighted by Gasteiger charge is 2.39. The van der Waals surface area contributed by atoms with Gasteiger partial charge >= 0.3 is 0 Å². The Kier molecular flexibility index (Phi) is 1.82. The van der Waals surface area contributed by atoms with Crippen LogP contribution in [0.3, 0.4) is 0 Å². The van der Waals surface area contributed by atoms with Crippen LogP contribution in [0.1, 0.15) is 26.7 Å². The molecule has 0 saturated heterocycles. The van der Waals surface area contributed by atoms with Crippen molar-refractivity contribution in [3.05, 3.63) is 0 Å². The van der Waals surface area contributed by atoms with Crippen molar-refractivity contribution in [2.45, 2.75) is 26.7 Å². The van der Waals surface area contributed by atoms with Crippen LogP contribution in [0.2, 0.25) is 0 Å². The lowest BCUT2D eigenvalue weighted by molar-refractivity contribution is -0.127. The van der Waals surface area contributed by atoms with E-state index in [0.717, 1.165) is 12.8 Å². The van der Waals surface area contributed by atoms with E-state index in [9.17, 15) is 4.79 Å². The highest BCUT2D eigenvalue weighted by Crippen LogP contribution is 2.36. The lowest BCUT2D eigenvalue weighted by Crippen LogP contribution is -2.26. The Labute approximate surface area is 61.8 Å². The van der Waals surface area contributed by atoms with Crippen molar-refractivity contribution in [3.8, 4) is 0 Å². The van der Waals surface area contributed by atoms with Gasteiger partial charge in [0.15, 0.2) is 0 Å². The Balaban J connectivity index is 2.67. The Bertz CT molecular complexity index is 151. The summed E-state index contributed by atoms with van der Waals surface area (Å²) >= 11 is 0. The van der Waals surface area contributed by atoms with E-state index in [4.69, 9.17) is 5.73 Å². The molecule has 10 heavy (non-hydrogen) atoms. The molecule has 2 heteroatoms. The molecule has 0 spiro atoms. The van der Waals surface area contributed by atoms with Crippen LogP contribution in [0.4, 0.5) is 0 Å². The summed E-state index contributed by atoms with van der Waals surface area (Å²) < 4.78 is 0. The summed E-state index contributed by atoms with van der Waals surface area (Å²) in [5.74, 6) is 0.505. The van der Waals surface area contributed by atoms with Crippen molar-refractivity contribution in [2.75, 3.05) is 6.54 Å². The molecule has 1 aliphatic carbocycles. The number of ketones is 1. The number of carbonyl (C=O) groups excluding carboxylic acids is 1. The van der Waals surface area contributed by atoms with Crippen LogP contribution in [-0.2, 0) is 4.79 Å². The summed E-state index contributed by atoms with van der Waals surface area (Å²) in [4.78, 5) is 11.4. The van der Waals surface area contributed by atoms with Crippen molar-refractivity contribution >= 4 is 5.78 Å². The molecule has 0 amide bonds. The number of rotatable bonds is 1. The summed E-state index contributed by atoms with van der Waals surface area (Å²) in [6, 6.07) is 0. The van der Waals surface area contributed by atoms with E-state index in [1.54, 1.807) is 0 Å². The first kappa shape index (κ1) is 7.73. The number of carbonyl (C=O) groups is 1. The molecule has 0 radical (unpaired) electrons. The molecular formula is C8H15NO. The maximum absolute atomic E-state index is 11.4. The predicted octanol–water partition coefficient (Wildman–Crippen LogP) is 0.950. The number of hydrogen-bond acceptors (Lipinski definition) is 2. The van der Waals surface area contributed by atoms with E-state index < -0.39 is 0 Å². The van der Waals surface area contributed by atoms with E-state index >= 15 is 0 Å². The first-order valence-electron chi connectivity index (χ1n) is 3.82. The molecule has 0 aromatic carbocycles. The van der Waals surface area contributed by atoms with Gasteiger partial charge in [0, 0.05) is 17.9 Å². The highest BCUT2D eigenvalue weighted by atomic mass is 16.1. The molecule has 58 valence electrons. The fourth-order valence-electron chi connectivity index (χ4n) is 1.57. The van der Waals surface area contributed by atoms with E-state index in [1.165, 1.54) is 0 Å². The topological polar surface area (TPSA) is 43.1 Å². The lowest BCUT2D eigenvalue weighted by atomic mass is 9.89. The van der Waals surface area contributed by atoms with E-state index in [0.29, 0.717) is 12.3 Å². The van der Waals surface area contributed by atoms with Crippen LogP contribution in [0.5, 0.6) is 0 Å². The molecule has 1 fully saturated rings. The zero-order valence-electron chi connectivity index (χ0n) is 6.68. The van der Waals surface area contributed by atoms with Gasteiger partial charge in [0.25, 0.3) is 0 Å². The van der Waals surface area contributed by atoms with Crippen molar-refractivity contribution in [3.63, 3.8) is 0 Å². The molecule has 0 heterocycles. The second-order valence-electron chi connectivity index (χ2n) is 3.72. The molecule has 0 aliphatic heterocycles. The Morgan fingerprint density at radius 3 is 2.50 bits per heavy atom. The molecule has 1 unspecified atom stereocenters. The molecule has 0 bridgehead atoms. The first-order chi connectivity index (χ1) is 4.58. The zero-order valence-corrected chi connectivity index (χ0v) is 6.68. The number of nitrogens with two attached hydrogens (primary N) is 1. The largest absolute Gasteiger partial charge is 0.330 e. The van der Waals surface area contributed by atoms with Crippen molar-refractivity contribution in [1.82, 2.24) is 0 Å². The Morgan fingerprint density at radius 1 is 1.70 bits per heavy atom. The minimum Gasteiger partial charge on any atom is -0.330 e. The number of hydrogen-bond donors (Lipinski definition) is 1. The lowest BCUT2D eigenvalue weighted by Gasteiger charge is -2.14. The fourth-order valence-corrected chi connectivity index (χ4v) is 1.57. The van der Waals surface area contributed by atoms with Crippen LogP contribution >= 0.6 is 0 Å². The third-order valence-electron chi connectivity index (χ3n) is 2.44. The van der Waals surface area contributed by atoms with E-state index in [-0.39, 0.29) is 11.3 Å². The van der Waals surface area contributed by atoms with Gasteiger partial charge in [-0.15, -0.1) is 0 Å². The monoisotopic (exact) mass is 141 g/mol. The fraction of sp³-hybridized carbons (Fsp3) is 0.875. The molecule has 1 aliphatic rings. The van der Waals surface area contributed by atoms with Crippen LogP contribution < -0.4 is 5.73 Å². The smallest absolute Gasteiger partial charge is 0.142 e. The third kappa shape index (κ3) is 1.08. The first-order valence-corrected chi connectivity index (χ1v) is 3.82. The van der Waals surface area contributed by atoms with Crippen molar-refractivity contribution in [2.24, 2.45) is 17.1 Å². The van der Waals surface area contributed by atoms with Crippen molar-refractivity contribution < 1.29 is 4.79 Å². The quantitative estimate of drug-likeness (QED) is 0.590. The van der Waals surface area contributed by atoms with Gasteiger partial charge in [0.2, 0.25) is 0 Å². The molecule has 1 rings (SSSR count). The molecule has 0 aromatic rings. The maximum atomic E-state index is 11.4. The molecule has 1 saturated carbocycles. The SMILES string of the molecule is CC1(C)CCC(CN)C1=O. The standard InChI is InChI=1S/C8H15NO/c1-8(2)4-3-6(5-9)7(8)10/h6H,3-5,9H2,1-2H3. The maximum Gasteiger partial charge on any atom is 0.142 e. The van der Waals surface area contributed by atoms with Gasteiger partial charge in [-0.2, -0.15) is 0 Å². The summed E-state index contributed by atoms with van der Waals surface area (Å²) in [5.41, 5.74) is 5.33.